The lowest BCUT2D eigenvalue weighted by Crippen LogP contribution is -2.32. The molecule has 22 heavy (non-hydrogen) atoms. The largest absolute Gasteiger partial charge is 0.329 e. The summed E-state index contributed by atoms with van der Waals surface area (Å²) < 4.78 is 0. The van der Waals surface area contributed by atoms with Crippen molar-refractivity contribution < 1.29 is 9.59 Å². The number of nitrogens with one attached hydrogen (secondary N) is 2. The number of halogens is 1. The van der Waals surface area contributed by atoms with Crippen molar-refractivity contribution in [3.05, 3.63) is 59.4 Å². The molecule has 0 radical (unpaired) electrons. The number of hydrogen-bond donors (Lipinski definition) is 2. The summed E-state index contributed by atoms with van der Waals surface area (Å²) in [6.07, 6.45) is 3.23. The quantitative estimate of drug-likeness (QED) is 0.517. The fraction of sp³-hybridized carbons (Fsp3) is 0.0667. The van der Waals surface area contributed by atoms with Crippen LogP contribution in [0.15, 0.2) is 53.9 Å². The highest BCUT2D eigenvalue weighted by atomic mass is 35.5. The molecule has 7 heteroatoms. The van der Waals surface area contributed by atoms with E-state index in [0.717, 1.165) is 5.56 Å². The molecule has 0 unspecified atom stereocenters. The molecular formula is C15H13ClN4O2. The van der Waals surface area contributed by atoms with Crippen molar-refractivity contribution in [2.75, 3.05) is 5.32 Å². The highest BCUT2D eigenvalue weighted by molar-refractivity contribution is 6.39. The molecule has 2 aromatic rings. The second kappa shape index (κ2) is 7.33. The van der Waals surface area contributed by atoms with Gasteiger partial charge in [0, 0.05) is 28.7 Å². The average molecular weight is 317 g/mol. The molecular weight excluding hydrogens is 304 g/mol. The van der Waals surface area contributed by atoms with Gasteiger partial charge in [0.05, 0.1) is 5.71 Å². The fourth-order valence-electron chi connectivity index (χ4n) is 1.60. The van der Waals surface area contributed by atoms with Crippen LogP contribution in [0.2, 0.25) is 5.02 Å². The number of amides is 2. The fourth-order valence-corrected chi connectivity index (χ4v) is 1.79. The number of aromatic nitrogens is 1. The Balaban J connectivity index is 1.96. The van der Waals surface area contributed by atoms with Crippen LogP contribution >= 0.6 is 11.6 Å². The third-order valence-electron chi connectivity index (χ3n) is 2.71. The highest BCUT2D eigenvalue weighted by Crippen LogP contribution is 2.14. The maximum Gasteiger partial charge on any atom is 0.329 e. The number of anilines is 1. The highest BCUT2D eigenvalue weighted by Gasteiger charge is 2.13. The Bertz CT molecular complexity index is 716. The van der Waals surface area contributed by atoms with Crippen LogP contribution in [-0.2, 0) is 9.59 Å². The van der Waals surface area contributed by atoms with Gasteiger partial charge in [-0.05, 0) is 37.3 Å². The van der Waals surface area contributed by atoms with Gasteiger partial charge in [0.1, 0.15) is 0 Å². The first-order chi connectivity index (χ1) is 10.6. The summed E-state index contributed by atoms with van der Waals surface area (Å²) in [5.41, 5.74) is 3.99. The van der Waals surface area contributed by atoms with Crippen molar-refractivity contribution in [1.29, 1.82) is 0 Å². The van der Waals surface area contributed by atoms with Gasteiger partial charge in [0.15, 0.2) is 0 Å². The molecule has 0 aliphatic heterocycles. The lowest BCUT2D eigenvalue weighted by atomic mass is 10.2. The van der Waals surface area contributed by atoms with Crippen molar-refractivity contribution >= 4 is 34.8 Å². The van der Waals surface area contributed by atoms with Crippen molar-refractivity contribution in [3.8, 4) is 0 Å². The van der Waals surface area contributed by atoms with E-state index < -0.39 is 11.8 Å². The zero-order valence-electron chi connectivity index (χ0n) is 11.7. The van der Waals surface area contributed by atoms with E-state index >= 15 is 0 Å². The van der Waals surface area contributed by atoms with E-state index in [1.807, 2.05) is 0 Å². The van der Waals surface area contributed by atoms with Gasteiger partial charge in [-0.2, -0.15) is 5.10 Å². The normalized spacial score (nSPS) is 10.9. The van der Waals surface area contributed by atoms with E-state index in [1.165, 1.54) is 6.07 Å². The molecule has 2 N–H and O–H groups in total. The monoisotopic (exact) mass is 316 g/mol. The van der Waals surface area contributed by atoms with Gasteiger partial charge in [-0.1, -0.05) is 17.7 Å². The van der Waals surface area contributed by atoms with Gasteiger partial charge in [0.25, 0.3) is 0 Å². The first-order valence-corrected chi connectivity index (χ1v) is 6.75. The molecule has 0 aliphatic rings. The maximum atomic E-state index is 11.7. The molecule has 2 amide bonds. The van der Waals surface area contributed by atoms with E-state index in [4.69, 9.17) is 11.6 Å². The van der Waals surface area contributed by atoms with Crippen LogP contribution in [0.1, 0.15) is 12.5 Å². The summed E-state index contributed by atoms with van der Waals surface area (Å²) in [6.45, 7) is 1.71. The number of benzene rings is 1. The Hall–Kier alpha value is -2.73. The second-order valence-corrected chi connectivity index (χ2v) is 4.77. The Morgan fingerprint density at radius 2 is 1.86 bits per heavy atom. The lowest BCUT2D eigenvalue weighted by Gasteiger charge is -2.05. The van der Waals surface area contributed by atoms with Gasteiger partial charge in [-0.3, -0.25) is 14.6 Å². The topological polar surface area (TPSA) is 83.5 Å². The summed E-state index contributed by atoms with van der Waals surface area (Å²) in [5, 5.41) is 6.77. The van der Waals surface area contributed by atoms with E-state index in [-0.39, 0.29) is 0 Å². The van der Waals surface area contributed by atoms with Crippen molar-refractivity contribution in [2.45, 2.75) is 6.92 Å². The Labute approximate surface area is 132 Å². The number of hydrogen-bond acceptors (Lipinski definition) is 4. The number of hydrazone groups is 1. The SMILES string of the molecule is CC(=NNC(=O)C(=O)Nc1cccc(Cl)c1)c1ccncc1. The summed E-state index contributed by atoms with van der Waals surface area (Å²) in [4.78, 5) is 27.3. The van der Waals surface area contributed by atoms with Crippen molar-refractivity contribution in [3.63, 3.8) is 0 Å². The van der Waals surface area contributed by atoms with Crippen LogP contribution in [-0.4, -0.2) is 22.5 Å². The minimum Gasteiger partial charge on any atom is -0.318 e. The molecule has 0 bridgehead atoms. The van der Waals surface area contributed by atoms with Crippen LogP contribution in [0.5, 0.6) is 0 Å². The van der Waals surface area contributed by atoms with E-state index in [9.17, 15) is 9.59 Å². The van der Waals surface area contributed by atoms with Gasteiger partial charge >= 0.3 is 11.8 Å². The molecule has 0 saturated heterocycles. The van der Waals surface area contributed by atoms with Gasteiger partial charge < -0.3 is 5.32 Å². The summed E-state index contributed by atoms with van der Waals surface area (Å²) in [7, 11) is 0. The summed E-state index contributed by atoms with van der Waals surface area (Å²) in [6, 6.07) is 10.00. The second-order valence-electron chi connectivity index (χ2n) is 4.34. The molecule has 0 spiro atoms. The molecule has 112 valence electrons. The predicted octanol–water partition coefficient (Wildman–Crippen LogP) is 2.21. The Morgan fingerprint density at radius 1 is 1.14 bits per heavy atom. The zero-order valence-corrected chi connectivity index (χ0v) is 12.5. The summed E-state index contributed by atoms with van der Waals surface area (Å²) in [5.74, 6) is -1.69. The van der Waals surface area contributed by atoms with Crippen LogP contribution < -0.4 is 10.7 Å². The summed E-state index contributed by atoms with van der Waals surface area (Å²) >= 11 is 5.80. The molecule has 6 nitrogen and oxygen atoms in total. The third kappa shape index (κ3) is 4.39. The maximum absolute atomic E-state index is 11.7. The molecule has 0 atom stereocenters. The van der Waals surface area contributed by atoms with E-state index in [1.54, 1.807) is 49.6 Å². The molecule has 1 aromatic heterocycles. The predicted molar refractivity (Wildman–Crippen MR) is 84.7 cm³/mol. The van der Waals surface area contributed by atoms with Crippen LogP contribution in [0.3, 0.4) is 0 Å². The lowest BCUT2D eigenvalue weighted by molar-refractivity contribution is -0.136. The minimum atomic E-state index is -0.867. The number of carbonyl (C=O) groups is 2. The standard InChI is InChI=1S/C15H13ClN4O2/c1-10(11-5-7-17-8-6-11)19-20-15(22)14(21)18-13-4-2-3-12(16)9-13/h2-9H,1H3,(H,18,21)(H,20,22). The Kier molecular flexibility index (Phi) is 5.21. The number of nitrogens with zero attached hydrogens (tertiary/aromatic N) is 2. The third-order valence-corrected chi connectivity index (χ3v) is 2.95. The van der Waals surface area contributed by atoms with Gasteiger partial charge in [-0.25, -0.2) is 5.43 Å². The van der Waals surface area contributed by atoms with Crippen molar-refractivity contribution in [2.24, 2.45) is 5.10 Å². The van der Waals surface area contributed by atoms with Crippen LogP contribution in [0.25, 0.3) is 0 Å². The Morgan fingerprint density at radius 3 is 2.55 bits per heavy atom. The molecule has 1 aromatic carbocycles. The van der Waals surface area contributed by atoms with Crippen LogP contribution in [0.4, 0.5) is 5.69 Å². The number of rotatable bonds is 3. The van der Waals surface area contributed by atoms with E-state index in [0.29, 0.717) is 16.4 Å². The first-order valence-electron chi connectivity index (χ1n) is 6.38. The molecule has 0 saturated carbocycles. The van der Waals surface area contributed by atoms with Gasteiger partial charge in [0.2, 0.25) is 0 Å². The smallest absolute Gasteiger partial charge is 0.318 e. The average Bonchev–Trinajstić information content (AvgIpc) is 2.53. The zero-order chi connectivity index (χ0) is 15.9. The molecule has 0 aliphatic carbocycles. The number of pyridine rings is 1. The molecule has 1 heterocycles. The van der Waals surface area contributed by atoms with Crippen LogP contribution in [0, 0.1) is 0 Å². The van der Waals surface area contributed by atoms with E-state index in [2.05, 4.69) is 20.8 Å². The van der Waals surface area contributed by atoms with Gasteiger partial charge in [-0.15, -0.1) is 0 Å². The number of carbonyl (C=O) groups excluding carboxylic acids is 2. The first kappa shape index (κ1) is 15.7. The molecule has 0 fully saturated rings. The molecule has 2 rings (SSSR count). The minimum absolute atomic E-state index is 0.433. The van der Waals surface area contributed by atoms with Crippen molar-refractivity contribution in [1.82, 2.24) is 10.4 Å².